The minimum atomic E-state index is 0.216. The average Bonchev–Trinajstić information content (AvgIpc) is 2.98. The molecule has 0 radical (unpaired) electrons. The summed E-state index contributed by atoms with van der Waals surface area (Å²) in [7, 11) is 0. The number of nitrogens with zero attached hydrogens (tertiary/aromatic N) is 1. The van der Waals surface area contributed by atoms with Crippen molar-refractivity contribution in [1.82, 2.24) is 4.90 Å². The Morgan fingerprint density at radius 2 is 1.92 bits per heavy atom. The van der Waals surface area contributed by atoms with Gasteiger partial charge >= 0.3 is 0 Å². The Morgan fingerprint density at radius 3 is 2.62 bits per heavy atom. The van der Waals surface area contributed by atoms with Crippen molar-refractivity contribution in [1.29, 1.82) is 0 Å². The Hall–Kier alpha value is -1.55. The molecule has 4 heteroatoms. The van der Waals surface area contributed by atoms with E-state index in [1.165, 1.54) is 25.7 Å². The zero-order valence-electron chi connectivity index (χ0n) is 16.5. The van der Waals surface area contributed by atoms with E-state index in [1.54, 1.807) is 0 Å². The number of aryl methyl sites for hydroxylation is 1. The molecule has 1 aromatic rings. The topological polar surface area (TPSA) is 55.6 Å². The van der Waals surface area contributed by atoms with Gasteiger partial charge in [-0.2, -0.15) is 0 Å². The summed E-state index contributed by atoms with van der Waals surface area (Å²) in [6, 6.07) is 6.04. The quantitative estimate of drug-likeness (QED) is 0.811. The maximum atomic E-state index is 12.9. The second-order valence-electron chi connectivity index (χ2n) is 8.62. The molecule has 4 nitrogen and oxygen atoms in total. The molecule has 1 aliphatic heterocycles. The summed E-state index contributed by atoms with van der Waals surface area (Å²) >= 11 is 0. The molecular weight excluding hydrogens is 324 g/mol. The maximum Gasteiger partial charge on any atom is 0.227 e. The van der Waals surface area contributed by atoms with Crippen molar-refractivity contribution in [3.8, 4) is 0 Å². The molecule has 0 aromatic heterocycles. The van der Waals surface area contributed by atoms with E-state index in [0.29, 0.717) is 25.0 Å². The molecule has 0 spiro atoms. The van der Waals surface area contributed by atoms with Crippen LogP contribution in [0.15, 0.2) is 18.2 Å². The fourth-order valence-corrected chi connectivity index (χ4v) is 4.44. The van der Waals surface area contributed by atoms with E-state index >= 15 is 0 Å². The molecule has 1 heterocycles. The lowest BCUT2D eigenvalue weighted by Crippen LogP contribution is -2.40. The van der Waals surface area contributed by atoms with Gasteiger partial charge in [-0.15, -0.1) is 0 Å². The highest BCUT2D eigenvalue weighted by Crippen LogP contribution is 2.28. The van der Waals surface area contributed by atoms with Crippen molar-refractivity contribution in [3.05, 3.63) is 29.3 Å². The number of ether oxygens (including phenoxy) is 1. The highest BCUT2D eigenvalue weighted by molar-refractivity contribution is 5.80. The third-order valence-corrected chi connectivity index (χ3v) is 6.14. The number of anilines is 1. The van der Waals surface area contributed by atoms with Gasteiger partial charge in [0.25, 0.3) is 0 Å². The molecule has 1 aromatic carbocycles. The lowest BCUT2D eigenvalue weighted by Gasteiger charge is -2.30. The summed E-state index contributed by atoms with van der Waals surface area (Å²) in [5.74, 6) is 1.60. The van der Waals surface area contributed by atoms with Crippen LogP contribution in [-0.2, 0) is 16.0 Å². The SMILES string of the molecule is Cc1cc(N)ccc1CC(=O)N1CC(C)CC1COC1CCC(C)CC1. The van der Waals surface area contributed by atoms with Crippen LogP contribution in [0.2, 0.25) is 0 Å². The summed E-state index contributed by atoms with van der Waals surface area (Å²) < 4.78 is 6.22. The van der Waals surface area contributed by atoms with Crippen molar-refractivity contribution in [2.75, 3.05) is 18.9 Å². The molecule has 2 fully saturated rings. The summed E-state index contributed by atoms with van der Waals surface area (Å²) in [4.78, 5) is 15.0. The Balaban J connectivity index is 1.57. The molecule has 26 heavy (non-hydrogen) atoms. The van der Waals surface area contributed by atoms with Crippen molar-refractivity contribution in [3.63, 3.8) is 0 Å². The summed E-state index contributed by atoms with van der Waals surface area (Å²) in [6.45, 7) is 8.13. The number of amides is 1. The van der Waals surface area contributed by atoms with Crippen LogP contribution < -0.4 is 5.73 Å². The van der Waals surface area contributed by atoms with E-state index < -0.39 is 0 Å². The molecule has 2 aliphatic rings. The molecular formula is C22H34N2O2. The van der Waals surface area contributed by atoms with E-state index in [4.69, 9.17) is 10.5 Å². The summed E-state index contributed by atoms with van der Waals surface area (Å²) in [6.07, 6.45) is 6.77. The van der Waals surface area contributed by atoms with Crippen molar-refractivity contribution in [2.24, 2.45) is 11.8 Å². The number of rotatable bonds is 5. The highest BCUT2D eigenvalue weighted by atomic mass is 16.5. The molecule has 1 saturated carbocycles. The monoisotopic (exact) mass is 358 g/mol. The van der Waals surface area contributed by atoms with Crippen LogP contribution in [0.1, 0.15) is 57.1 Å². The fraction of sp³-hybridized carbons (Fsp3) is 0.682. The van der Waals surface area contributed by atoms with E-state index in [9.17, 15) is 4.79 Å². The van der Waals surface area contributed by atoms with Gasteiger partial charge in [0.1, 0.15) is 0 Å². The van der Waals surface area contributed by atoms with E-state index in [2.05, 4.69) is 18.7 Å². The number of hydrogen-bond donors (Lipinski definition) is 1. The molecule has 1 amide bonds. The van der Waals surface area contributed by atoms with Crippen LogP contribution in [0.5, 0.6) is 0 Å². The van der Waals surface area contributed by atoms with Crippen LogP contribution in [0.3, 0.4) is 0 Å². The lowest BCUT2D eigenvalue weighted by molar-refractivity contribution is -0.133. The van der Waals surface area contributed by atoms with Crippen molar-refractivity contribution >= 4 is 11.6 Å². The third-order valence-electron chi connectivity index (χ3n) is 6.14. The second-order valence-corrected chi connectivity index (χ2v) is 8.62. The first-order valence-corrected chi connectivity index (χ1v) is 10.2. The smallest absolute Gasteiger partial charge is 0.227 e. The first kappa shape index (κ1) is 19.2. The molecule has 1 aliphatic carbocycles. The van der Waals surface area contributed by atoms with Gasteiger partial charge in [0, 0.05) is 12.2 Å². The van der Waals surface area contributed by atoms with Gasteiger partial charge in [0.2, 0.25) is 5.91 Å². The first-order valence-electron chi connectivity index (χ1n) is 10.2. The predicted octanol–water partition coefficient (Wildman–Crippen LogP) is 3.95. The van der Waals surface area contributed by atoms with Gasteiger partial charge in [-0.3, -0.25) is 4.79 Å². The molecule has 2 atom stereocenters. The van der Waals surface area contributed by atoms with E-state index in [0.717, 1.165) is 35.7 Å². The first-order chi connectivity index (χ1) is 12.4. The van der Waals surface area contributed by atoms with Gasteiger partial charge < -0.3 is 15.4 Å². The Morgan fingerprint density at radius 1 is 1.19 bits per heavy atom. The summed E-state index contributed by atoms with van der Waals surface area (Å²) in [5.41, 5.74) is 8.75. The minimum Gasteiger partial charge on any atom is -0.399 e. The molecule has 2 unspecified atom stereocenters. The zero-order valence-corrected chi connectivity index (χ0v) is 16.5. The van der Waals surface area contributed by atoms with Gasteiger partial charge in [0.15, 0.2) is 0 Å². The van der Waals surface area contributed by atoms with Crippen molar-refractivity contribution < 1.29 is 9.53 Å². The van der Waals surface area contributed by atoms with Crippen LogP contribution in [0.25, 0.3) is 0 Å². The zero-order chi connectivity index (χ0) is 18.7. The van der Waals surface area contributed by atoms with Crippen LogP contribution >= 0.6 is 0 Å². The van der Waals surface area contributed by atoms with E-state index in [-0.39, 0.29) is 11.9 Å². The lowest BCUT2D eigenvalue weighted by atomic mass is 9.89. The minimum absolute atomic E-state index is 0.216. The number of benzene rings is 1. The Labute approximate surface area is 158 Å². The molecule has 3 rings (SSSR count). The average molecular weight is 359 g/mol. The molecule has 1 saturated heterocycles. The number of hydrogen-bond acceptors (Lipinski definition) is 3. The summed E-state index contributed by atoms with van der Waals surface area (Å²) in [5, 5.41) is 0. The Kier molecular flexibility index (Phi) is 6.23. The predicted molar refractivity (Wildman–Crippen MR) is 106 cm³/mol. The van der Waals surface area contributed by atoms with Crippen LogP contribution in [0, 0.1) is 18.8 Å². The third kappa shape index (κ3) is 4.79. The molecule has 2 N–H and O–H groups in total. The fourth-order valence-electron chi connectivity index (χ4n) is 4.44. The number of likely N-dealkylation sites (tertiary alicyclic amines) is 1. The number of nitrogen functional groups attached to an aromatic ring is 1. The number of carbonyl (C=O) groups is 1. The van der Waals surface area contributed by atoms with E-state index in [1.807, 2.05) is 25.1 Å². The van der Waals surface area contributed by atoms with Gasteiger partial charge in [-0.05, 0) is 74.1 Å². The van der Waals surface area contributed by atoms with Crippen molar-refractivity contribution in [2.45, 2.75) is 71.4 Å². The molecule has 144 valence electrons. The highest BCUT2D eigenvalue weighted by Gasteiger charge is 2.34. The normalized spacial score (nSPS) is 29.1. The standard InChI is InChI=1S/C22H34N2O2/c1-15-4-8-21(9-5-15)26-14-20-10-16(2)13-24(20)22(25)12-18-6-7-19(23)11-17(18)3/h6-7,11,15-16,20-21H,4-5,8-10,12-14,23H2,1-3H3. The largest absolute Gasteiger partial charge is 0.399 e. The second kappa shape index (κ2) is 8.43. The van der Waals surface area contributed by atoms with Crippen LogP contribution in [0.4, 0.5) is 5.69 Å². The van der Waals surface area contributed by atoms with Gasteiger partial charge in [0.05, 0.1) is 25.2 Å². The number of nitrogens with two attached hydrogens (primary N) is 1. The van der Waals surface area contributed by atoms with Crippen LogP contribution in [-0.4, -0.2) is 36.1 Å². The Bertz CT molecular complexity index is 623. The molecule has 0 bridgehead atoms. The van der Waals surface area contributed by atoms with Gasteiger partial charge in [-0.1, -0.05) is 19.9 Å². The maximum absolute atomic E-state index is 12.9. The van der Waals surface area contributed by atoms with Gasteiger partial charge in [-0.25, -0.2) is 0 Å². The number of carbonyl (C=O) groups excluding carboxylic acids is 1.